The highest BCUT2D eigenvalue weighted by Gasteiger charge is 2.13. The molecule has 0 fully saturated rings. The van der Waals surface area contributed by atoms with Crippen molar-refractivity contribution in [3.8, 4) is 0 Å². The first-order chi connectivity index (χ1) is 12.6. The number of aliphatic hydroxyl groups is 1. The van der Waals surface area contributed by atoms with Gasteiger partial charge in [0.25, 0.3) is 0 Å². The summed E-state index contributed by atoms with van der Waals surface area (Å²) in [6.45, 7) is 1.10. The minimum absolute atomic E-state index is 0.455. The van der Waals surface area contributed by atoms with Crippen molar-refractivity contribution in [3.05, 3.63) is 77.1 Å². The number of nitrogens with one attached hydrogen (secondary N) is 1. The number of benzene rings is 3. The molecular weight excluding hydrogens is 346 g/mol. The van der Waals surface area contributed by atoms with Gasteiger partial charge >= 0.3 is 0 Å². The predicted octanol–water partition coefficient (Wildman–Crippen LogP) is 4.20. The van der Waals surface area contributed by atoms with Crippen LogP contribution < -0.4 is 5.32 Å². The molecule has 0 saturated carbocycles. The summed E-state index contributed by atoms with van der Waals surface area (Å²) in [5, 5.41) is 23.0. The monoisotopic (exact) mass is 365 g/mol. The van der Waals surface area contributed by atoms with Crippen molar-refractivity contribution in [2.75, 3.05) is 6.54 Å². The number of rotatable bonds is 5. The van der Waals surface area contributed by atoms with E-state index in [1.54, 1.807) is 10.9 Å². The number of aromatic nitrogens is 2. The van der Waals surface area contributed by atoms with Gasteiger partial charge < -0.3 is 10.4 Å². The first kappa shape index (κ1) is 17.0. The Morgan fingerprint density at radius 1 is 1.04 bits per heavy atom. The lowest BCUT2D eigenvalue weighted by atomic mass is 9.96. The SMILES string of the molecule is Cn1cc([C@@H](O)CNCc2c3ccccc3c(Cl)c3ccccc23)cn1. The van der Waals surface area contributed by atoms with E-state index in [1.807, 2.05) is 37.5 Å². The molecule has 0 saturated heterocycles. The summed E-state index contributed by atoms with van der Waals surface area (Å²) in [5.41, 5.74) is 2.00. The summed E-state index contributed by atoms with van der Waals surface area (Å²) in [5.74, 6) is 0. The van der Waals surface area contributed by atoms with Gasteiger partial charge in [0, 0.05) is 42.7 Å². The first-order valence-corrected chi connectivity index (χ1v) is 8.98. The standard InChI is InChI=1S/C21H20ClN3O/c1-25-13-14(10-24-25)20(26)12-23-11-19-15-6-2-4-8-17(15)21(22)18-9-5-3-7-16(18)19/h2-10,13,20,23,26H,11-12H2,1H3/t20-/m0/s1. The molecule has 3 aromatic carbocycles. The van der Waals surface area contributed by atoms with Crippen LogP contribution in [0.5, 0.6) is 0 Å². The Balaban J connectivity index is 1.65. The molecule has 4 rings (SSSR count). The molecule has 0 aliphatic heterocycles. The van der Waals surface area contributed by atoms with E-state index < -0.39 is 6.10 Å². The van der Waals surface area contributed by atoms with Gasteiger partial charge in [0.05, 0.1) is 17.3 Å². The lowest BCUT2D eigenvalue weighted by Crippen LogP contribution is -2.21. The molecule has 0 aliphatic carbocycles. The third kappa shape index (κ3) is 3.07. The van der Waals surface area contributed by atoms with Crippen LogP contribution >= 0.6 is 11.6 Å². The van der Waals surface area contributed by atoms with E-state index in [4.69, 9.17) is 11.6 Å². The zero-order valence-corrected chi connectivity index (χ0v) is 15.2. The molecule has 0 spiro atoms. The van der Waals surface area contributed by atoms with Gasteiger partial charge in [-0.2, -0.15) is 5.10 Å². The van der Waals surface area contributed by atoms with Gasteiger partial charge in [-0.3, -0.25) is 4.68 Å². The van der Waals surface area contributed by atoms with Crippen LogP contribution in [0.3, 0.4) is 0 Å². The molecule has 1 atom stereocenters. The van der Waals surface area contributed by atoms with Crippen LogP contribution in [0.15, 0.2) is 60.9 Å². The number of aryl methyl sites for hydroxylation is 1. The Hall–Kier alpha value is -2.40. The smallest absolute Gasteiger partial charge is 0.0944 e. The minimum atomic E-state index is -0.589. The van der Waals surface area contributed by atoms with E-state index in [1.165, 1.54) is 5.56 Å². The van der Waals surface area contributed by atoms with Crippen LogP contribution in [0, 0.1) is 0 Å². The molecule has 1 aromatic heterocycles. The molecule has 132 valence electrons. The highest BCUT2D eigenvalue weighted by atomic mass is 35.5. The Morgan fingerprint density at radius 3 is 2.15 bits per heavy atom. The van der Waals surface area contributed by atoms with E-state index >= 15 is 0 Å². The van der Waals surface area contributed by atoms with Crippen LogP contribution in [0.4, 0.5) is 0 Å². The van der Waals surface area contributed by atoms with E-state index in [0.29, 0.717) is 13.1 Å². The van der Waals surface area contributed by atoms with Gasteiger partial charge in [-0.15, -0.1) is 0 Å². The van der Waals surface area contributed by atoms with Crippen LogP contribution in [-0.4, -0.2) is 21.4 Å². The number of fused-ring (bicyclic) bond motifs is 2. The number of nitrogens with zero attached hydrogens (tertiary/aromatic N) is 2. The molecule has 5 heteroatoms. The van der Waals surface area contributed by atoms with Gasteiger partial charge in [0.2, 0.25) is 0 Å². The van der Waals surface area contributed by atoms with Crippen molar-refractivity contribution in [2.45, 2.75) is 12.6 Å². The quantitative estimate of drug-likeness (QED) is 0.521. The van der Waals surface area contributed by atoms with Crippen molar-refractivity contribution in [3.63, 3.8) is 0 Å². The van der Waals surface area contributed by atoms with Crippen molar-refractivity contribution >= 4 is 33.1 Å². The van der Waals surface area contributed by atoms with Crippen molar-refractivity contribution in [2.24, 2.45) is 7.05 Å². The third-order valence-electron chi connectivity index (χ3n) is 4.73. The summed E-state index contributed by atoms with van der Waals surface area (Å²) >= 11 is 6.64. The first-order valence-electron chi connectivity index (χ1n) is 8.60. The van der Waals surface area contributed by atoms with E-state index in [9.17, 15) is 5.11 Å². The highest BCUT2D eigenvalue weighted by molar-refractivity contribution is 6.41. The molecule has 0 aliphatic rings. The fraction of sp³-hybridized carbons (Fsp3) is 0.190. The summed E-state index contributed by atoms with van der Waals surface area (Å²) in [6, 6.07) is 16.4. The summed E-state index contributed by atoms with van der Waals surface area (Å²) < 4.78 is 1.69. The van der Waals surface area contributed by atoms with E-state index in [-0.39, 0.29) is 0 Å². The predicted molar refractivity (Wildman–Crippen MR) is 106 cm³/mol. The molecule has 4 nitrogen and oxygen atoms in total. The largest absolute Gasteiger partial charge is 0.387 e. The van der Waals surface area contributed by atoms with Crippen LogP contribution in [0.25, 0.3) is 21.5 Å². The fourth-order valence-electron chi connectivity index (χ4n) is 3.42. The molecule has 0 radical (unpaired) electrons. The van der Waals surface area contributed by atoms with Gasteiger partial charge in [-0.1, -0.05) is 60.1 Å². The third-order valence-corrected chi connectivity index (χ3v) is 5.13. The lowest BCUT2D eigenvalue weighted by molar-refractivity contribution is 0.174. The number of hydrogen-bond donors (Lipinski definition) is 2. The number of hydrogen-bond acceptors (Lipinski definition) is 3. The normalized spacial score (nSPS) is 12.7. The Morgan fingerprint density at radius 2 is 1.62 bits per heavy atom. The summed E-state index contributed by atoms with van der Waals surface area (Å²) in [7, 11) is 1.84. The molecule has 0 unspecified atom stereocenters. The molecule has 26 heavy (non-hydrogen) atoms. The minimum Gasteiger partial charge on any atom is -0.387 e. The van der Waals surface area contributed by atoms with Crippen LogP contribution in [-0.2, 0) is 13.6 Å². The molecule has 0 bridgehead atoms. The lowest BCUT2D eigenvalue weighted by Gasteiger charge is -2.15. The zero-order valence-electron chi connectivity index (χ0n) is 14.5. The Labute approximate surface area is 157 Å². The molecule has 4 aromatic rings. The van der Waals surface area contributed by atoms with Crippen molar-refractivity contribution in [1.29, 1.82) is 0 Å². The second-order valence-electron chi connectivity index (χ2n) is 6.48. The maximum absolute atomic E-state index is 10.3. The average Bonchev–Trinajstić information content (AvgIpc) is 3.11. The second kappa shape index (κ2) is 7.08. The topological polar surface area (TPSA) is 50.1 Å². The Kier molecular flexibility index (Phi) is 4.64. The van der Waals surface area contributed by atoms with Gasteiger partial charge in [-0.25, -0.2) is 0 Å². The molecule has 2 N–H and O–H groups in total. The van der Waals surface area contributed by atoms with Gasteiger partial charge in [0.1, 0.15) is 0 Å². The Bertz CT molecular complexity index is 1020. The van der Waals surface area contributed by atoms with Crippen molar-refractivity contribution < 1.29 is 5.11 Å². The number of aliphatic hydroxyl groups excluding tert-OH is 1. The fourth-order valence-corrected chi connectivity index (χ4v) is 3.75. The summed E-state index contributed by atoms with van der Waals surface area (Å²) in [6.07, 6.45) is 2.94. The van der Waals surface area contributed by atoms with E-state index in [2.05, 4.69) is 34.7 Å². The average molecular weight is 366 g/mol. The summed E-state index contributed by atoms with van der Waals surface area (Å²) in [4.78, 5) is 0. The maximum atomic E-state index is 10.3. The van der Waals surface area contributed by atoms with E-state index in [0.717, 1.165) is 32.1 Å². The van der Waals surface area contributed by atoms with Crippen LogP contribution in [0.2, 0.25) is 5.02 Å². The molecule has 0 amide bonds. The van der Waals surface area contributed by atoms with Crippen molar-refractivity contribution in [1.82, 2.24) is 15.1 Å². The zero-order chi connectivity index (χ0) is 18.1. The highest BCUT2D eigenvalue weighted by Crippen LogP contribution is 2.36. The number of halogens is 1. The molecular formula is C21H20ClN3O. The van der Waals surface area contributed by atoms with Gasteiger partial charge in [-0.05, 0) is 16.3 Å². The molecule has 1 heterocycles. The maximum Gasteiger partial charge on any atom is 0.0944 e. The second-order valence-corrected chi connectivity index (χ2v) is 6.86. The van der Waals surface area contributed by atoms with Crippen LogP contribution in [0.1, 0.15) is 17.2 Å². The van der Waals surface area contributed by atoms with Gasteiger partial charge in [0.15, 0.2) is 0 Å².